The lowest BCUT2D eigenvalue weighted by Crippen LogP contribution is -2.43. The van der Waals surface area contributed by atoms with Crippen LogP contribution in [0, 0.1) is 0 Å². The van der Waals surface area contributed by atoms with Crippen LogP contribution in [0.4, 0.5) is 0 Å². The molecular formula is C16H26BO7S. The molecule has 9 heteroatoms. The third kappa shape index (κ3) is 8.85. The average Bonchev–Trinajstić information content (AvgIpc) is 2.51. The number of ketones is 2. The van der Waals surface area contributed by atoms with Crippen LogP contribution in [0.25, 0.3) is 0 Å². The Hall–Kier alpha value is -0.895. The van der Waals surface area contributed by atoms with E-state index in [4.69, 9.17) is 15.0 Å². The summed E-state index contributed by atoms with van der Waals surface area (Å²) in [4.78, 5) is 34.7. The predicted octanol–water partition coefficient (Wildman–Crippen LogP) is 1.37. The Labute approximate surface area is 155 Å². The molecule has 1 unspecified atom stereocenters. The molecule has 1 heterocycles. The van der Waals surface area contributed by atoms with Crippen LogP contribution in [0.2, 0.25) is 0 Å². The van der Waals surface area contributed by atoms with Crippen molar-refractivity contribution in [1.29, 1.82) is 1.34 Å². The van der Waals surface area contributed by atoms with Crippen LogP contribution in [0.15, 0.2) is 0 Å². The first-order valence-electron chi connectivity index (χ1n) is 8.95. The first kappa shape index (κ1) is 20.4. The molecule has 1 fully saturated rings. The normalized spacial score (nSPS) is 24.9. The second kappa shape index (κ2) is 11.0. The minimum absolute atomic E-state index is 0.0451. The Morgan fingerprint density at radius 3 is 2.92 bits per heavy atom. The Kier molecular flexibility index (Phi) is 8.95. The van der Waals surface area contributed by atoms with Crippen molar-refractivity contribution >= 4 is 36.5 Å². The van der Waals surface area contributed by atoms with Crippen molar-refractivity contribution in [1.82, 2.24) is 0 Å². The summed E-state index contributed by atoms with van der Waals surface area (Å²) in [5.41, 5.74) is 0. The highest BCUT2D eigenvalue weighted by Crippen LogP contribution is 2.33. The molecule has 1 saturated heterocycles. The number of ether oxygens (including phenoxy) is 2. The lowest BCUT2D eigenvalue weighted by Gasteiger charge is -2.38. The van der Waals surface area contributed by atoms with Gasteiger partial charge in [-0.1, -0.05) is 11.9 Å². The van der Waals surface area contributed by atoms with E-state index in [2.05, 4.69) is 0 Å². The third-order valence-corrected chi connectivity index (χ3v) is 4.22. The number of esters is 1. The van der Waals surface area contributed by atoms with Gasteiger partial charge < -0.3 is 18.8 Å². The SMILES string of the molecule is [3H][B]SO[C@@H](CC(C)=O)C[C@@H]1CCCC(O)(CC(=O)CC(=O)OCC)O1. The summed E-state index contributed by atoms with van der Waals surface area (Å²) in [6.45, 7) is 3.30. The van der Waals surface area contributed by atoms with E-state index in [0.29, 0.717) is 25.7 Å². The van der Waals surface area contributed by atoms with Crippen LogP contribution in [0.5, 0.6) is 0 Å². The topological polar surface area (TPSA) is 99.1 Å². The van der Waals surface area contributed by atoms with Gasteiger partial charge >= 0.3 is 5.97 Å². The first-order chi connectivity index (χ1) is 12.3. The summed E-state index contributed by atoms with van der Waals surface area (Å²) in [7, 11) is 1.03. The molecular weight excluding hydrogens is 347 g/mol. The van der Waals surface area contributed by atoms with Crippen molar-refractivity contribution in [2.24, 2.45) is 0 Å². The number of rotatable bonds is 12. The van der Waals surface area contributed by atoms with Gasteiger partial charge in [0.05, 0.1) is 25.2 Å². The zero-order chi connectivity index (χ0) is 19.6. The van der Waals surface area contributed by atoms with Gasteiger partial charge in [0.2, 0.25) is 7.09 Å². The van der Waals surface area contributed by atoms with E-state index in [-0.39, 0.29) is 31.3 Å². The maximum Gasteiger partial charge on any atom is 0.313 e. The van der Waals surface area contributed by atoms with E-state index in [9.17, 15) is 19.5 Å². The molecule has 0 aromatic carbocycles. The van der Waals surface area contributed by atoms with Gasteiger partial charge in [-0.3, -0.25) is 14.4 Å². The summed E-state index contributed by atoms with van der Waals surface area (Å²) in [5, 5.41) is 10.6. The fraction of sp³-hybridized carbons (Fsp3) is 0.812. The maximum absolute atomic E-state index is 12.0. The zero-order valence-electron chi connectivity index (χ0n) is 15.7. The van der Waals surface area contributed by atoms with Crippen LogP contribution in [0.3, 0.4) is 0 Å². The summed E-state index contributed by atoms with van der Waals surface area (Å²) < 4.78 is 22.8. The number of Topliss-reactive ketones (excluding diaryl/α,β-unsaturated/α-hetero) is 2. The van der Waals surface area contributed by atoms with Crippen LogP contribution < -0.4 is 0 Å². The summed E-state index contributed by atoms with van der Waals surface area (Å²) in [6.07, 6.45) is 0.675. The number of hydrogen-bond donors (Lipinski definition) is 1. The number of hydrogen-bond acceptors (Lipinski definition) is 8. The molecule has 3 atom stereocenters. The highest BCUT2D eigenvalue weighted by atomic mass is 32.2. The van der Waals surface area contributed by atoms with Crippen LogP contribution in [-0.2, 0) is 28.0 Å². The molecule has 0 aromatic rings. The standard InChI is InChI=1S/C16H26BO7S/c1-3-22-15(20)8-12(19)10-16(21)6-4-5-13(23-16)9-14(24-25-17)7-11(2)18/h13-14,17,21H,3-10H2,1-2H3/t13-,14-,16?/m0/s1/i17T. The van der Waals surface area contributed by atoms with Crippen LogP contribution in [-0.4, -0.2) is 55.7 Å². The Morgan fingerprint density at radius 1 is 1.52 bits per heavy atom. The predicted molar refractivity (Wildman–Crippen MR) is 94.1 cm³/mol. The molecule has 1 radical (unpaired) electrons. The largest absolute Gasteiger partial charge is 0.466 e. The van der Waals surface area contributed by atoms with Crippen LogP contribution in [0.1, 0.15) is 58.8 Å². The number of aliphatic hydroxyl groups is 1. The maximum atomic E-state index is 12.0. The molecule has 0 amide bonds. The molecule has 1 aliphatic rings. The third-order valence-electron chi connectivity index (χ3n) is 3.83. The quantitative estimate of drug-likeness (QED) is 0.236. The van der Waals surface area contributed by atoms with Gasteiger partial charge in [0.15, 0.2) is 5.79 Å². The van der Waals surface area contributed by atoms with E-state index in [1.54, 1.807) is 6.92 Å². The molecule has 0 aromatic heterocycles. The molecule has 0 spiro atoms. The van der Waals surface area contributed by atoms with Crippen molar-refractivity contribution < 1.29 is 33.1 Å². The molecule has 1 aliphatic heterocycles. The Bertz CT molecular complexity index is 493. The van der Waals surface area contributed by atoms with Crippen molar-refractivity contribution in [2.75, 3.05) is 6.61 Å². The molecule has 0 bridgehead atoms. The van der Waals surface area contributed by atoms with E-state index >= 15 is 0 Å². The molecule has 0 aliphatic carbocycles. The van der Waals surface area contributed by atoms with Crippen molar-refractivity contribution in [3.63, 3.8) is 0 Å². The highest BCUT2D eigenvalue weighted by Gasteiger charge is 2.38. The fourth-order valence-electron chi connectivity index (χ4n) is 2.92. The van der Waals surface area contributed by atoms with E-state index < -0.39 is 30.1 Å². The first-order valence-corrected chi connectivity index (χ1v) is 9.17. The monoisotopic (exact) mass is 375 g/mol. The summed E-state index contributed by atoms with van der Waals surface area (Å²) in [5.74, 6) is -2.73. The molecule has 7 nitrogen and oxygen atoms in total. The number of carbonyl (C=O) groups is 3. The van der Waals surface area contributed by atoms with Gasteiger partial charge in [-0.25, -0.2) is 0 Å². The zero-order valence-corrected chi connectivity index (χ0v) is 15.5. The van der Waals surface area contributed by atoms with Gasteiger partial charge in [0.25, 0.3) is 0 Å². The minimum atomic E-state index is -1.62. The highest BCUT2D eigenvalue weighted by molar-refractivity contribution is 8.15. The summed E-state index contributed by atoms with van der Waals surface area (Å²) >= 11 is 0.835. The van der Waals surface area contributed by atoms with Gasteiger partial charge in [-0.2, -0.15) is 0 Å². The van der Waals surface area contributed by atoms with Crippen molar-refractivity contribution in [3.8, 4) is 0 Å². The minimum Gasteiger partial charge on any atom is -0.466 e. The number of carbonyl (C=O) groups excluding carboxylic acids is 3. The van der Waals surface area contributed by atoms with Gasteiger partial charge in [0, 0.05) is 19.3 Å². The lowest BCUT2D eigenvalue weighted by molar-refractivity contribution is -0.256. The lowest BCUT2D eigenvalue weighted by atomic mass is 9.93. The average molecular weight is 375 g/mol. The van der Waals surface area contributed by atoms with E-state index in [1.807, 2.05) is 0 Å². The fourth-order valence-corrected chi connectivity index (χ4v) is 3.23. The van der Waals surface area contributed by atoms with Crippen LogP contribution >= 0.6 is 11.9 Å². The molecule has 1 N–H and O–H groups in total. The smallest absolute Gasteiger partial charge is 0.313 e. The van der Waals surface area contributed by atoms with Crippen molar-refractivity contribution in [2.45, 2.75) is 76.8 Å². The Morgan fingerprint density at radius 2 is 2.28 bits per heavy atom. The molecule has 1 rings (SSSR count). The molecule has 141 valence electrons. The second-order valence-electron chi connectivity index (χ2n) is 6.23. The second-order valence-corrected chi connectivity index (χ2v) is 6.62. The van der Waals surface area contributed by atoms with E-state index in [0.717, 1.165) is 19.0 Å². The van der Waals surface area contributed by atoms with Gasteiger partial charge in [0.1, 0.15) is 18.0 Å². The molecule has 25 heavy (non-hydrogen) atoms. The summed E-state index contributed by atoms with van der Waals surface area (Å²) in [6, 6.07) is 0. The molecule has 0 saturated carbocycles. The van der Waals surface area contributed by atoms with E-state index in [1.165, 1.54) is 6.92 Å². The van der Waals surface area contributed by atoms with Gasteiger partial charge in [-0.05, 0) is 28.0 Å². The van der Waals surface area contributed by atoms with Gasteiger partial charge in [-0.15, -0.1) is 0 Å². The Balaban J connectivity index is 2.58. The van der Waals surface area contributed by atoms with Crippen molar-refractivity contribution in [3.05, 3.63) is 0 Å².